The van der Waals surface area contributed by atoms with Crippen LogP contribution in [0.1, 0.15) is 45.6 Å². The van der Waals surface area contributed by atoms with Crippen LogP contribution in [0, 0.1) is 6.92 Å². The van der Waals surface area contributed by atoms with E-state index in [1.165, 1.54) is 6.26 Å². The fourth-order valence-electron chi connectivity index (χ4n) is 3.27. The third-order valence-corrected chi connectivity index (χ3v) is 6.21. The van der Waals surface area contributed by atoms with Crippen molar-refractivity contribution in [3.63, 3.8) is 0 Å². The zero-order valence-electron chi connectivity index (χ0n) is 16.2. The first-order valence-corrected chi connectivity index (χ1v) is 10.8. The summed E-state index contributed by atoms with van der Waals surface area (Å²) < 4.78 is 18.6. The minimum atomic E-state index is -0.816. The highest BCUT2D eigenvalue weighted by Gasteiger charge is 2.25. The molecule has 1 aliphatic rings. The van der Waals surface area contributed by atoms with E-state index in [9.17, 15) is 13.8 Å². The lowest BCUT2D eigenvalue weighted by atomic mass is 10.2. The van der Waals surface area contributed by atoms with Crippen molar-refractivity contribution >= 4 is 28.3 Å². The summed E-state index contributed by atoms with van der Waals surface area (Å²) in [5, 5.41) is 6.88. The number of aryl methyl sites for hydroxylation is 1. The van der Waals surface area contributed by atoms with Gasteiger partial charge >= 0.3 is 0 Å². The largest absolute Gasteiger partial charge is 0.444 e. The standard InChI is InChI=1S/C19H20N6O4S/c1-11-8-12(2-5-21-11)19-23-15(10-29-19)18(27)22-14-9-25(24-16(14)17(20)26)13-3-6-30(28)7-4-13/h2,5,8-10,13H,3-4,6-7H2,1H3,(H2,20,26)(H,22,27). The number of anilines is 1. The van der Waals surface area contributed by atoms with E-state index in [1.807, 2.05) is 6.92 Å². The predicted molar refractivity (Wildman–Crippen MR) is 109 cm³/mol. The van der Waals surface area contributed by atoms with Crippen LogP contribution < -0.4 is 11.1 Å². The molecule has 0 saturated carbocycles. The average molecular weight is 428 g/mol. The van der Waals surface area contributed by atoms with Crippen LogP contribution in [0.4, 0.5) is 5.69 Å². The SMILES string of the molecule is Cc1cc(-c2nc(C(=O)Nc3cn(C4CCS(=O)CC4)nc3C(N)=O)co2)ccn1. The number of carbonyl (C=O) groups is 2. The maximum absolute atomic E-state index is 12.7. The number of rotatable bonds is 5. The lowest BCUT2D eigenvalue weighted by Gasteiger charge is -2.21. The van der Waals surface area contributed by atoms with Crippen LogP contribution in [0.25, 0.3) is 11.5 Å². The third-order valence-electron chi connectivity index (χ3n) is 4.83. The summed E-state index contributed by atoms with van der Waals surface area (Å²) in [4.78, 5) is 32.8. The molecule has 1 saturated heterocycles. The Labute approximate surface area is 174 Å². The van der Waals surface area contributed by atoms with Gasteiger partial charge in [-0.3, -0.25) is 23.5 Å². The van der Waals surface area contributed by atoms with Gasteiger partial charge in [-0.1, -0.05) is 0 Å². The molecule has 3 N–H and O–H groups in total. The number of nitrogens with one attached hydrogen (secondary N) is 1. The Bertz CT molecular complexity index is 1130. The number of nitrogens with two attached hydrogens (primary N) is 1. The van der Waals surface area contributed by atoms with Crippen LogP contribution in [0.15, 0.2) is 35.2 Å². The molecule has 4 heterocycles. The molecule has 156 valence electrons. The van der Waals surface area contributed by atoms with Crippen molar-refractivity contribution < 1.29 is 18.2 Å². The smallest absolute Gasteiger partial charge is 0.277 e. The number of nitrogens with zero attached hydrogens (tertiary/aromatic N) is 4. The Morgan fingerprint density at radius 1 is 1.33 bits per heavy atom. The number of pyridine rings is 1. The van der Waals surface area contributed by atoms with Gasteiger partial charge in [-0.05, 0) is 31.9 Å². The van der Waals surface area contributed by atoms with E-state index in [1.54, 1.807) is 29.2 Å². The lowest BCUT2D eigenvalue weighted by molar-refractivity contribution is 0.0995. The molecule has 0 bridgehead atoms. The van der Waals surface area contributed by atoms with Gasteiger partial charge in [-0.2, -0.15) is 5.10 Å². The zero-order chi connectivity index (χ0) is 21.3. The normalized spacial score (nSPS) is 18.8. The Morgan fingerprint density at radius 2 is 2.10 bits per heavy atom. The van der Waals surface area contributed by atoms with Gasteiger partial charge in [-0.25, -0.2) is 4.98 Å². The zero-order valence-corrected chi connectivity index (χ0v) is 17.0. The van der Waals surface area contributed by atoms with Crippen molar-refractivity contribution in [1.82, 2.24) is 19.7 Å². The summed E-state index contributed by atoms with van der Waals surface area (Å²) >= 11 is 0. The van der Waals surface area contributed by atoms with Crippen molar-refractivity contribution in [3.05, 3.63) is 47.9 Å². The van der Waals surface area contributed by atoms with Gasteiger partial charge < -0.3 is 15.5 Å². The maximum Gasteiger partial charge on any atom is 0.277 e. The number of amides is 2. The molecule has 0 aromatic carbocycles. The van der Waals surface area contributed by atoms with E-state index in [0.29, 0.717) is 29.9 Å². The molecule has 3 aromatic heterocycles. The number of hydrogen-bond donors (Lipinski definition) is 2. The van der Waals surface area contributed by atoms with Crippen LogP contribution in [0.3, 0.4) is 0 Å². The highest BCUT2D eigenvalue weighted by Crippen LogP contribution is 2.25. The first-order valence-electron chi connectivity index (χ1n) is 9.34. The molecule has 30 heavy (non-hydrogen) atoms. The van der Waals surface area contributed by atoms with Crippen LogP contribution in [0.2, 0.25) is 0 Å². The second-order valence-corrected chi connectivity index (χ2v) is 8.69. The fraction of sp³-hybridized carbons (Fsp3) is 0.316. The summed E-state index contributed by atoms with van der Waals surface area (Å²) in [5.74, 6) is 0.133. The summed E-state index contributed by atoms with van der Waals surface area (Å²) in [5.41, 5.74) is 7.13. The minimum Gasteiger partial charge on any atom is -0.444 e. The molecule has 3 aromatic rings. The van der Waals surface area contributed by atoms with Crippen LogP contribution in [0.5, 0.6) is 0 Å². The highest BCUT2D eigenvalue weighted by atomic mass is 32.2. The van der Waals surface area contributed by atoms with E-state index in [-0.39, 0.29) is 29.0 Å². The van der Waals surface area contributed by atoms with Gasteiger partial charge in [0.15, 0.2) is 11.4 Å². The first-order chi connectivity index (χ1) is 14.4. The molecule has 0 aliphatic carbocycles. The van der Waals surface area contributed by atoms with Crippen LogP contribution >= 0.6 is 0 Å². The topological polar surface area (TPSA) is 146 Å². The van der Waals surface area contributed by atoms with Gasteiger partial charge in [0.1, 0.15) is 6.26 Å². The Balaban J connectivity index is 1.54. The van der Waals surface area contributed by atoms with Gasteiger partial charge in [0.2, 0.25) is 5.89 Å². The quantitative estimate of drug-likeness (QED) is 0.628. The first kappa shape index (κ1) is 20.0. The molecule has 0 unspecified atom stereocenters. The second-order valence-electron chi connectivity index (χ2n) is 6.99. The van der Waals surface area contributed by atoms with Gasteiger partial charge in [-0.15, -0.1) is 0 Å². The minimum absolute atomic E-state index is 0.0000321. The van der Waals surface area contributed by atoms with E-state index >= 15 is 0 Å². The summed E-state index contributed by atoms with van der Waals surface area (Å²) in [7, 11) is -0.816. The van der Waals surface area contributed by atoms with Gasteiger partial charge in [0, 0.05) is 46.0 Å². The lowest BCUT2D eigenvalue weighted by Crippen LogP contribution is -2.22. The molecule has 0 spiro atoms. The molecule has 0 radical (unpaired) electrons. The summed E-state index contributed by atoms with van der Waals surface area (Å²) in [6.07, 6.45) is 5.80. The number of oxazole rings is 1. The molecule has 1 aliphatic heterocycles. The van der Waals surface area contributed by atoms with E-state index < -0.39 is 22.6 Å². The number of hydrogen-bond acceptors (Lipinski definition) is 7. The molecule has 2 amide bonds. The van der Waals surface area contributed by atoms with Crippen molar-refractivity contribution in [1.29, 1.82) is 0 Å². The average Bonchev–Trinajstić information content (AvgIpc) is 3.36. The van der Waals surface area contributed by atoms with Crippen molar-refractivity contribution in [2.24, 2.45) is 5.73 Å². The Kier molecular flexibility index (Phi) is 5.44. The van der Waals surface area contributed by atoms with E-state index in [0.717, 1.165) is 5.69 Å². The molecular formula is C19H20N6O4S. The number of primary amides is 1. The van der Waals surface area contributed by atoms with Crippen molar-refractivity contribution in [2.75, 3.05) is 16.8 Å². The third kappa shape index (κ3) is 4.15. The maximum atomic E-state index is 12.7. The molecule has 1 fully saturated rings. The molecule has 0 atom stereocenters. The number of carbonyl (C=O) groups excluding carboxylic acids is 2. The Hall–Kier alpha value is -3.34. The Morgan fingerprint density at radius 3 is 2.80 bits per heavy atom. The molecule has 10 nitrogen and oxygen atoms in total. The van der Waals surface area contributed by atoms with Crippen LogP contribution in [-0.4, -0.2) is 47.3 Å². The van der Waals surface area contributed by atoms with Gasteiger partial charge in [0.05, 0.1) is 11.7 Å². The monoisotopic (exact) mass is 428 g/mol. The molecule has 11 heteroatoms. The van der Waals surface area contributed by atoms with E-state index in [2.05, 4.69) is 20.4 Å². The summed E-state index contributed by atoms with van der Waals surface area (Å²) in [6.45, 7) is 1.84. The highest BCUT2D eigenvalue weighted by molar-refractivity contribution is 7.85. The van der Waals surface area contributed by atoms with Crippen LogP contribution in [-0.2, 0) is 10.8 Å². The van der Waals surface area contributed by atoms with Crippen molar-refractivity contribution in [2.45, 2.75) is 25.8 Å². The molecule has 4 rings (SSSR count). The van der Waals surface area contributed by atoms with E-state index in [4.69, 9.17) is 10.2 Å². The fourth-order valence-corrected chi connectivity index (χ4v) is 4.55. The predicted octanol–water partition coefficient (Wildman–Crippen LogP) is 1.68. The molecular weight excluding hydrogens is 408 g/mol. The number of aromatic nitrogens is 4. The summed E-state index contributed by atoms with van der Waals surface area (Å²) in [6, 6.07) is 3.52. The van der Waals surface area contributed by atoms with Gasteiger partial charge in [0.25, 0.3) is 11.8 Å². The van der Waals surface area contributed by atoms with Crippen molar-refractivity contribution in [3.8, 4) is 11.5 Å². The second kappa shape index (κ2) is 8.19.